The Kier molecular flexibility index (Phi) is 7.28. The number of ether oxygens (including phenoxy) is 1. The normalized spacial score (nSPS) is 18.2. The molecule has 0 radical (unpaired) electrons. The van der Waals surface area contributed by atoms with E-state index in [1.54, 1.807) is 44.4 Å². The van der Waals surface area contributed by atoms with Gasteiger partial charge < -0.3 is 9.64 Å². The fourth-order valence-electron chi connectivity index (χ4n) is 4.25. The van der Waals surface area contributed by atoms with Crippen LogP contribution in [-0.2, 0) is 10.2 Å². The minimum absolute atomic E-state index is 0.00784. The third kappa shape index (κ3) is 5.03. The van der Waals surface area contributed by atoms with Crippen LogP contribution in [0.5, 0.6) is 5.75 Å². The molecule has 2 heterocycles. The van der Waals surface area contributed by atoms with Crippen LogP contribution in [-0.4, -0.2) is 72.7 Å². The first-order valence-corrected chi connectivity index (χ1v) is 13.1. The maximum Gasteiger partial charge on any atom is 0.316 e. The summed E-state index contributed by atoms with van der Waals surface area (Å²) in [5.74, 6) is 0.263. The maximum atomic E-state index is 13.5. The molecule has 0 amide bonds. The number of piperazine rings is 1. The fourth-order valence-corrected chi connectivity index (χ4v) is 5.78. The average molecular weight is 496 g/mol. The van der Waals surface area contributed by atoms with Gasteiger partial charge in [-0.05, 0) is 43.9 Å². The lowest BCUT2D eigenvalue weighted by Gasteiger charge is -2.37. The topological polar surface area (TPSA) is 88.0 Å². The lowest BCUT2D eigenvalue weighted by atomic mass is 10.2. The Morgan fingerprint density at radius 1 is 1.18 bits per heavy atom. The van der Waals surface area contributed by atoms with Crippen molar-refractivity contribution in [1.29, 1.82) is 0 Å². The molecule has 11 heteroatoms. The first-order chi connectivity index (χ1) is 15.8. The average Bonchev–Trinajstić information content (AvgIpc) is 3.33. The Labute approximate surface area is 199 Å². The van der Waals surface area contributed by atoms with E-state index in [-0.39, 0.29) is 17.4 Å². The third-order valence-electron chi connectivity index (χ3n) is 6.30. The van der Waals surface area contributed by atoms with E-state index in [0.29, 0.717) is 49.1 Å². The number of hydrogen-bond donors (Lipinski definition) is 0. The van der Waals surface area contributed by atoms with Gasteiger partial charge in [0.1, 0.15) is 5.69 Å². The summed E-state index contributed by atoms with van der Waals surface area (Å²) in [6.07, 6.45) is 5.60. The zero-order valence-corrected chi connectivity index (χ0v) is 20.6. The highest BCUT2D eigenvalue weighted by Crippen LogP contribution is 2.30. The molecule has 1 saturated heterocycles. The van der Waals surface area contributed by atoms with Crippen molar-refractivity contribution < 1.29 is 13.2 Å². The van der Waals surface area contributed by atoms with Crippen molar-refractivity contribution in [2.75, 3.05) is 44.7 Å². The molecule has 1 aromatic heterocycles. The second-order valence-corrected chi connectivity index (χ2v) is 10.9. The predicted molar refractivity (Wildman–Crippen MR) is 129 cm³/mol. The quantitative estimate of drug-likeness (QED) is 0.586. The van der Waals surface area contributed by atoms with Crippen LogP contribution in [0.4, 0.5) is 5.69 Å². The van der Waals surface area contributed by atoms with E-state index in [2.05, 4.69) is 5.10 Å². The van der Waals surface area contributed by atoms with Crippen LogP contribution in [0.15, 0.2) is 35.3 Å². The van der Waals surface area contributed by atoms with Crippen molar-refractivity contribution in [2.45, 2.75) is 38.7 Å². The molecule has 1 aromatic carbocycles. The van der Waals surface area contributed by atoms with Crippen molar-refractivity contribution in [3.63, 3.8) is 0 Å². The smallest absolute Gasteiger partial charge is 0.316 e. The van der Waals surface area contributed by atoms with Crippen molar-refractivity contribution in [2.24, 2.45) is 0 Å². The van der Waals surface area contributed by atoms with Gasteiger partial charge in [-0.25, -0.2) is 0 Å². The van der Waals surface area contributed by atoms with E-state index in [4.69, 9.17) is 16.3 Å². The standard InChI is InChI=1S/C22H30ClN5O4S/c1-3-25(2)33(30,31)27-13-11-26(12-14-27)20-16-24-28(18-8-6-7-17(23)15-18)22(29)21(20)32-19-9-4-5-10-19/h6-8,15-16,19H,3-5,9-14H2,1-2H3. The lowest BCUT2D eigenvalue weighted by Crippen LogP contribution is -2.52. The minimum atomic E-state index is -3.49. The van der Waals surface area contributed by atoms with Gasteiger partial charge in [0.15, 0.2) is 0 Å². The van der Waals surface area contributed by atoms with E-state index in [1.807, 2.05) is 4.90 Å². The van der Waals surface area contributed by atoms with Gasteiger partial charge in [-0.15, -0.1) is 0 Å². The van der Waals surface area contributed by atoms with Gasteiger partial charge in [-0.1, -0.05) is 24.6 Å². The van der Waals surface area contributed by atoms with Gasteiger partial charge in [-0.3, -0.25) is 4.79 Å². The summed E-state index contributed by atoms with van der Waals surface area (Å²) in [5, 5.41) is 4.91. The van der Waals surface area contributed by atoms with Crippen LogP contribution in [0.25, 0.3) is 5.69 Å². The molecule has 4 rings (SSSR count). The van der Waals surface area contributed by atoms with Crippen LogP contribution >= 0.6 is 11.6 Å². The Morgan fingerprint density at radius 2 is 1.88 bits per heavy atom. The summed E-state index contributed by atoms with van der Waals surface area (Å²) in [6.45, 7) is 3.76. The third-order valence-corrected chi connectivity index (χ3v) is 8.60. The SMILES string of the molecule is CCN(C)S(=O)(=O)N1CCN(c2cnn(-c3cccc(Cl)c3)c(=O)c2OC2CCCC2)CC1. The second-order valence-electron chi connectivity index (χ2n) is 8.39. The summed E-state index contributed by atoms with van der Waals surface area (Å²) in [4.78, 5) is 15.5. The highest BCUT2D eigenvalue weighted by Gasteiger charge is 2.32. The monoisotopic (exact) mass is 495 g/mol. The van der Waals surface area contributed by atoms with E-state index in [9.17, 15) is 13.2 Å². The van der Waals surface area contributed by atoms with E-state index >= 15 is 0 Å². The largest absolute Gasteiger partial charge is 0.483 e. The molecule has 1 aliphatic heterocycles. The molecule has 2 aliphatic rings. The summed E-state index contributed by atoms with van der Waals surface area (Å²) in [5.41, 5.74) is 0.822. The van der Waals surface area contributed by atoms with Crippen molar-refractivity contribution in [3.05, 3.63) is 45.8 Å². The summed E-state index contributed by atoms with van der Waals surface area (Å²) in [7, 11) is -1.91. The lowest BCUT2D eigenvalue weighted by molar-refractivity contribution is 0.205. The van der Waals surface area contributed by atoms with Gasteiger partial charge in [0.05, 0.1) is 18.0 Å². The van der Waals surface area contributed by atoms with Crippen LogP contribution in [0.1, 0.15) is 32.6 Å². The molecule has 0 spiro atoms. The number of benzene rings is 1. The number of nitrogens with zero attached hydrogens (tertiary/aromatic N) is 5. The number of anilines is 1. The fraction of sp³-hybridized carbons (Fsp3) is 0.545. The van der Waals surface area contributed by atoms with E-state index in [0.717, 1.165) is 25.7 Å². The van der Waals surface area contributed by atoms with Crippen LogP contribution < -0.4 is 15.2 Å². The predicted octanol–water partition coefficient (Wildman–Crippen LogP) is 2.53. The Morgan fingerprint density at radius 3 is 2.52 bits per heavy atom. The molecule has 9 nitrogen and oxygen atoms in total. The number of rotatable bonds is 7. The molecular formula is C22H30ClN5O4S. The highest BCUT2D eigenvalue weighted by molar-refractivity contribution is 7.86. The number of halogens is 1. The van der Waals surface area contributed by atoms with Gasteiger partial charge in [0.2, 0.25) is 5.75 Å². The minimum Gasteiger partial charge on any atom is -0.483 e. The summed E-state index contributed by atoms with van der Waals surface area (Å²) < 4.78 is 35.7. The highest BCUT2D eigenvalue weighted by atomic mass is 35.5. The molecule has 1 saturated carbocycles. The molecule has 0 atom stereocenters. The second kappa shape index (κ2) is 10.0. The molecule has 0 N–H and O–H groups in total. The molecule has 33 heavy (non-hydrogen) atoms. The van der Waals surface area contributed by atoms with Gasteiger partial charge >= 0.3 is 5.56 Å². The number of aromatic nitrogens is 2. The first kappa shape index (κ1) is 24.0. The zero-order chi connectivity index (χ0) is 23.6. The van der Waals surface area contributed by atoms with E-state index < -0.39 is 10.2 Å². The van der Waals surface area contributed by atoms with Crippen molar-refractivity contribution in [3.8, 4) is 11.4 Å². The van der Waals surface area contributed by atoms with Crippen LogP contribution in [0.3, 0.4) is 0 Å². The van der Waals surface area contributed by atoms with Gasteiger partial charge in [-0.2, -0.15) is 26.8 Å². The molecule has 2 fully saturated rings. The Balaban J connectivity index is 1.64. The molecule has 2 aromatic rings. The van der Waals surface area contributed by atoms with Gasteiger partial charge in [0, 0.05) is 44.8 Å². The zero-order valence-electron chi connectivity index (χ0n) is 19.0. The van der Waals surface area contributed by atoms with Crippen LogP contribution in [0.2, 0.25) is 5.02 Å². The van der Waals surface area contributed by atoms with Gasteiger partial charge in [0.25, 0.3) is 10.2 Å². The maximum absolute atomic E-state index is 13.5. The molecular weight excluding hydrogens is 466 g/mol. The molecule has 0 bridgehead atoms. The molecule has 0 unspecified atom stereocenters. The van der Waals surface area contributed by atoms with Crippen molar-refractivity contribution >= 4 is 27.5 Å². The Bertz CT molecular complexity index is 1140. The van der Waals surface area contributed by atoms with Crippen LogP contribution in [0, 0.1) is 0 Å². The molecule has 1 aliphatic carbocycles. The van der Waals surface area contributed by atoms with Crippen molar-refractivity contribution in [1.82, 2.24) is 18.4 Å². The summed E-state index contributed by atoms with van der Waals surface area (Å²) >= 11 is 6.12. The first-order valence-electron chi connectivity index (χ1n) is 11.3. The molecule has 180 valence electrons. The summed E-state index contributed by atoms with van der Waals surface area (Å²) in [6, 6.07) is 6.96. The Hall–Kier alpha value is -2.14. The van der Waals surface area contributed by atoms with E-state index in [1.165, 1.54) is 13.3 Å². The number of hydrogen-bond acceptors (Lipinski definition) is 6.